The average molecular weight is 281 g/mol. The van der Waals surface area contributed by atoms with E-state index in [0.29, 0.717) is 5.41 Å². The van der Waals surface area contributed by atoms with Crippen molar-refractivity contribution in [3.63, 3.8) is 0 Å². The largest absolute Gasteiger partial charge is 0.0622 e. The first kappa shape index (κ1) is 18.1. The van der Waals surface area contributed by atoms with Gasteiger partial charge in [-0.05, 0) is 60.2 Å². The second kappa shape index (κ2) is 7.32. The van der Waals surface area contributed by atoms with Crippen LogP contribution >= 0.6 is 0 Å². The van der Waals surface area contributed by atoms with Gasteiger partial charge in [-0.3, -0.25) is 0 Å². The van der Waals surface area contributed by atoms with E-state index < -0.39 is 0 Å². The van der Waals surface area contributed by atoms with Crippen molar-refractivity contribution in [3.05, 3.63) is 0 Å². The summed E-state index contributed by atoms with van der Waals surface area (Å²) >= 11 is 0. The molecule has 2 rings (SSSR count). The smallest absolute Gasteiger partial charge is 0.0383 e. The molecule has 0 saturated heterocycles. The Balaban J connectivity index is 0.000000347. The molecule has 0 aromatic heterocycles. The molecular formula is C20H40. The SMILES string of the molecule is CC(C)(C)C.CC1CCC(CC2CCC(C)C2C)C1C. The zero-order valence-corrected chi connectivity index (χ0v) is 15.5. The van der Waals surface area contributed by atoms with Crippen LogP contribution in [0.1, 0.15) is 87.5 Å². The second-order valence-electron chi connectivity index (χ2n) is 9.58. The summed E-state index contributed by atoms with van der Waals surface area (Å²) < 4.78 is 0. The predicted molar refractivity (Wildman–Crippen MR) is 91.9 cm³/mol. The van der Waals surface area contributed by atoms with Gasteiger partial charge in [0.2, 0.25) is 0 Å². The van der Waals surface area contributed by atoms with Gasteiger partial charge in [-0.2, -0.15) is 0 Å². The van der Waals surface area contributed by atoms with Crippen molar-refractivity contribution < 1.29 is 0 Å². The summed E-state index contributed by atoms with van der Waals surface area (Å²) in [7, 11) is 0. The topological polar surface area (TPSA) is 0 Å². The van der Waals surface area contributed by atoms with E-state index >= 15 is 0 Å². The quantitative estimate of drug-likeness (QED) is 0.522. The normalized spacial score (nSPS) is 41.4. The van der Waals surface area contributed by atoms with Gasteiger partial charge in [-0.15, -0.1) is 0 Å². The van der Waals surface area contributed by atoms with Crippen molar-refractivity contribution in [2.75, 3.05) is 0 Å². The lowest BCUT2D eigenvalue weighted by atomic mass is 9.81. The van der Waals surface area contributed by atoms with Crippen molar-refractivity contribution in [2.45, 2.75) is 87.5 Å². The molecule has 0 nitrogen and oxygen atoms in total. The molecule has 0 amide bonds. The van der Waals surface area contributed by atoms with Gasteiger partial charge in [-0.1, -0.05) is 68.2 Å². The number of rotatable bonds is 2. The maximum Gasteiger partial charge on any atom is -0.0383 e. The summed E-state index contributed by atoms with van der Waals surface area (Å²) in [5, 5.41) is 0. The lowest BCUT2D eigenvalue weighted by Crippen LogP contribution is -2.17. The van der Waals surface area contributed by atoms with E-state index in [-0.39, 0.29) is 0 Å². The fourth-order valence-electron chi connectivity index (χ4n) is 3.99. The Morgan fingerprint density at radius 1 is 0.650 bits per heavy atom. The molecule has 6 unspecified atom stereocenters. The molecule has 0 aromatic carbocycles. The van der Waals surface area contributed by atoms with E-state index in [2.05, 4.69) is 55.4 Å². The highest BCUT2D eigenvalue weighted by atomic mass is 14.4. The van der Waals surface area contributed by atoms with Crippen molar-refractivity contribution in [3.8, 4) is 0 Å². The van der Waals surface area contributed by atoms with E-state index in [1.807, 2.05) is 0 Å². The van der Waals surface area contributed by atoms with Crippen LogP contribution in [0.25, 0.3) is 0 Å². The summed E-state index contributed by atoms with van der Waals surface area (Å²) in [5.41, 5.74) is 0.500. The van der Waals surface area contributed by atoms with Crippen LogP contribution in [0.4, 0.5) is 0 Å². The number of hydrogen-bond donors (Lipinski definition) is 0. The molecule has 0 bridgehead atoms. The number of hydrogen-bond acceptors (Lipinski definition) is 0. The van der Waals surface area contributed by atoms with Gasteiger partial charge in [0.15, 0.2) is 0 Å². The Bertz CT molecular complexity index is 244. The molecule has 120 valence electrons. The molecule has 2 aliphatic carbocycles. The lowest BCUT2D eigenvalue weighted by molar-refractivity contribution is 0.248. The van der Waals surface area contributed by atoms with Gasteiger partial charge in [-0.25, -0.2) is 0 Å². The Kier molecular flexibility index (Phi) is 6.61. The van der Waals surface area contributed by atoms with Gasteiger partial charge >= 0.3 is 0 Å². The first-order valence-corrected chi connectivity index (χ1v) is 9.09. The maximum absolute atomic E-state index is 2.49. The standard InChI is InChI=1S/C15H28.C5H12/c1-10-5-7-14(12(10)3)9-15-8-6-11(2)13(15)4;1-5(2,3)4/h10-15H,5-9H2,1-4H3;1-4H3. The third-order valence-corrected chi connectivity index (χ3v) is 5.87. The van der Waals surface area contributed by atoms with Crippen molar-refractivity contribution in [1.29, 1.82) is 0 Å². The summed E-state index contributed by atoms with van der Waals surface area (Å²) in [6.07, 6.45) is 7.54. The molecule has 2 aliphatic rings. The van der Waals surface area contributed by atoms with Gasteiger partial charge in [0.25, 0.3) is 0 Å². The molecule has 0 N–H and O–H groups in total. The first-order valence-electron chi connectivity index (χ1n) is 9.09. The van der Waals surface area contributed by atoms with Gasteiger partial charge in [0.05, 0.1) is 0 Å². The van der Waals surface area contributed by atoms with Crippen LogP contribution in [0.15, 0.2) is 0 Å². The summed E-state index contributed by atoms with van der Waals surface area (Å²) in [6, 6.07) is 0. The fourth-order valence-corrected chi connectivity index (χ4v) is 3.99. The van der Waals surface area contributed by atoms with Crippen LogP contribution in [0.5, 0.6) is 0 Å². The Morgan fingerprint density at radius 3 is 1.15 bits per heavy atom. The van der Waals surface area contributed by atoms with Crippen LogP contribution in [0, 0.1) is 40.9 Å². The van der Waals surface area contributed by atoms with Crippen molar-refractivity contribution in [2.24, 2.45) is 40.9 Å². The first-order chi connectivity index (χ1) is 9.09. The summed E-state index contributed by atoms with van der Waals surface area (Å²) in [4.78, 5) is 0. The average Bonchev–Trinajstić information content (AvgIpc) is 2.77. The molecule has 0 heteroatoms. The summed E-state index contributed by atoms with van der Waals surface area (Å²) in [6.45, 7) is 18.6. The van der Waals surface area contributed by atoms with Crippen molar-refractivity contribution in [1.82, 2.24) is 0 Å². The lowest BCUT2D eigenvalue weighted by Gasteiger charge is -2.25. The maximum atomic E-state index is 2.49. The Hall–Kier alpha value is 0. The van der Waals surface area contributed by atoms with Crippen molar-refractivity contribution >= 4 is 0 Å². The van der Waals surface area contributed by atoms with Crippen LogP contribution < -0.4 is 0 Å². The predicted octanol–water partition coefficient (Wildman–Crippen LogP) is 6.79. The molecule has 0 radical (unpaired) electrons. The minimum absolute atomic E-state index is 0.500. The highest BCUT2D eigenvalue weighted by Crippen LogP contribution is 2.46. The molecule has 2 fully saturated rings. The van der Waals surface area contributed by atoms with E-state index in [1.54, 1.807) is 0 Å². The molecule has 2 saturated carbocycles. The van der Waals surface area contributed by atoms with E-state index in [9.17, 15) is 0 Å². The molecule has 6 atom stereocenters. The molecule has 0 spiro atoms. The second-order valence-corrected chi connectivity index (χ2v) is 9.58. The molecule has 0 heterocycles. The molecule has 0 aliphatic heterocycles. The van der Waals surface area contributed by atoms with Gasteiger partial charge in [0.1, 0.15) is 0 Å². The molecule has 0 aromatic rings. The minimum atomic E-state index is 0.500. The highest BCUT2D eigenvalue weighted by Gasteiger charge is 2.36. The Labute approximate surface area is 129 Å². The fraction of sp³-hybridized carbons (Fsp3) is 1.00. The van der Waals surface area contributed by atoms with Crippen LogP contribution in [-0.2, 0) is 0 Å². The van der Waals surface area contributed by atoms with Gasteiger partial charge in [0, 0.05) is 0 Å². The van der Waals surface area contributed by atoms with E-state index in [0.717, 1.165) is 35.5 Å². The third-order valence-electron chi connectivity index (χ3n) is 5.87. The van der Waals surface area contributed by atoms with Crippen LogP contribution in [0.3, 0.4) is 0 Å². The zero-order valence-electron chi connectivity index (χ0n) is 15.5. The molecule has 20 heavy (non-hydrogen) atoms. The van der Waals surface area contributed by atoms with Crippen LogP contribution in [-0.4, -0.2) is 0 Å². The van der Waals surface area contributed by atoms with Gasteiger partial charge < -0.3 is 0 Å². The summed E-state index contributed by atoms with van der Waals surface area (Å²) in [5.74, 6) is 6.07. The zero-order chi connectivity index (χ0) is 15.5. The Morgan fingerprint density at radius 2 is 0.950 bits per heavy atom. The van der Waals surface area contributed by atoms with E-state index in [4.69, 9.17) is 0 Å². The molecular weight excluding hydrogens is 240 g/mol. The third kappa shape index (κ3) is 5.78. The van der Waals surface area contributed by atoms with Crippen LogP contribution in [0.2, 0.25) is 0 Å². The minimum Gasteiger partial charge on any atom is -0.0622 e. The van der Waals surface area contributed by atoms with E-state index in [1.165, 1.54) is 32.1 Å². The highest BCUT2D eigenvalue weighted by molar-refractivity contribution is 4.86. The monoisotopic (exact) mass is 280 g/mol.